The number of hydrogen-bond acceptors (Lipinski definition) is 8. The van der Waals surface area contributed by atoms with Gasteiger partial charge in [-0.15, -0.1) is 0 Å². The minimum absolute atomic E-state index is 0.0329. The molecule has 1 aliphatic rings. The molecule has 0 saturated carbocycles. The van der Waals surface area contributed by atoms with Crippen LogP contribution in [0.25, 0.3) is 0 Å². The number of aryl methyl sites for hydroxylation is 1. The topological polar surface area (TPSA) is 129 Å². The number of ether oxygens (including phenoxy) is 4. The van der Waals surface area contributed by atoms with Crippen LogP contribution in [-0.4, -0.2) is 53.8 Å². The zero-order valence-electron chi connectivity index (χ0n) is 18.4. The van der Waals surface area contributed by atoms with E-state index in [4.69, 9.17) is 14.2 Å². The van der Waals surface area contributed by atoms with Crippen molar-refractivity contribution in [3.63, 3.8) is 0 Å². The summed E-state index contributed by atoms with van der Waals surface area (Å²) in [7, 11) is -2.55. The monoisotopic (exact) mass is 478 g/mol. The first kappa shape index (κ1) is 24.3. The third-order valence-electron chi connectivity index (χ3n) is 4.73. The number of hydrogen-bond donors (Lipinski definition) is 2. The first-order valence-corrected chi connectivity index (χ1v) is 11.8. The average Bonchev–Trinajstić information content (AvgIpc) is 3.04. The minimum atomic E-state index is -3.82. The number of carbonyl (C=O) groups is 2. The van der Waals surface area contributed by atoms with E-state index in [1.54, 1.807) is 31.2 Å². The molecule has 33 heavy (non-hydrogen) atoms. The summed E-state index contributed by atoms with van der Waals surface area (Å²) < 4.78 is 48.4. The van der Waals surface area contributed by atoms with Crippen molar-refractivity contribution in [2.75, 3.05) is 38.8 Å². The molecule has 0 aromatic heterocycles. The lowest BCUT2D eigenvalue weighted by atomic mass is 10.2. The molecular weight excluding hydrogens is 452 g/mol. The first-order valence-electron chi connectivity index (χ1n) is 10.3. The highest BCUT2D eigenvalue weighted by molar-refractivity contribution is 7.89. The number of esters is 1. The molecule has 11 heteroatoms. The third kappa shape index (κ3) is 6.83. The van der Waals surface area contributed by atoms with Crippen LogP contribution in [0.5, 0.6) is 17.2 Å². The molecule has 10 nitrogen and oxygen atoms in total. The molecule has 178 valence electrons. The second-order valence-electron chi connectivity index (χ2n) is 7.20. The first-order chi connectivity index (χ1) is 15.8. The molecule has 2 N–H and O–H groups in total. The number of methoxy groups -OCH3 is 1. The lowest BCUT2D eigenvalue weighted by Crippen LogP contribution is -2.28. The molecule has 0 saturated heterocycles. The molecule has 0 fully saturated rings. The summed E-state index contributed by atoms with van der Waals surface area (Å²) in [6.07, 6.45) is 0.649. The fourth-order valence-corrected chi connectivity index (χ4v) is 4.02. The van der Waals surface area contributed by atoms with Gasteiger partial charge in [0, 0.05) is 31.1 Å². The Hall–Kier alpha value is -3.31. The van der Waals surface area contributed by atoms with E-state index in [1.165, 1.54) is 19.2 Å². The largest absolute Gasteiger partial charge is 0.490 e. The van der Waals surface area contributed by atoms with Crippen molar-refractivity contribution < 1.29 is 37.0 Å². The molecule has 2 aromatic rings. The van der Waals surface area contributed by atoms with Gasteiger partial charge in [-0.2, -0.15) is 0 Å². The SMILES string of the molecule is COC(=O)COc1ccc(NC(=O)CCNS(=O)(=O)c2ccc3c(c2)OCCCO3)c(C)c1. The quantitative estimate of drug-likeness (QED) is 0.524. The van der Waals surface area contributed by atoms with Gasteiger partial charge in [-0.3, -0.25) is 4.79 Å². The van der Waals surface area contributed by atoms with Crippen LogP contribution in [0.4, 0.5) is 5.69 Å². The number of amides is 1. The van der Waals surface area contributed by atoms with E-state index >= 15 is 0 Å². The van der Waals surface area contributed by atoms with Crippen molar-refractivity contribution in [3.05, 3.63) is 42.0 Å². The van der Waals surface area contributed by atoms with Crippen molar-refractivity contribution in [1.82, 2.24) is 4.72 Å². The van der Waals surface area contributed by atoms with Crippen LogP contribution in [0.2, 0.25) is 0 Å². The minimum Gasteiger partial charge on any atom is -0.490 e. The van der Waals surface area contributed by atoms with Gasteiger partial charge in [0.25, 0.3) is 0 Å². The van der Waals surface area contributed by atoms with Gasteiger partial charge >= 0.3 is 5.97 Å². The predicted octanol–water partition coefficient (Wildman–Crippen LogP) is 2.02. The Morgan fingerprint density at radius 1 is 1.06 bits per heavy atom. The summed E-state index contributed by atoms with van der Waals surface area (Å²) in [6.45, 7) is 2.43. The van der Waals surface area contributed by atoms with Crippen LogP contribution in [0.15, 0.2) is 41.3 Å². The van der Waals surface area contributed by atoms with Crippen LogP contribution in [0.3, 0.4) is 0 Å². The highest BCUT2D eigenvalue weighted by Crippen LogP contribution is 2.31. The van der Waals surface area contributed by atoms with Crippen molar-refractivity contribution in [2.45, 2.75) is 24.7 Å². The van der Waals surface area contributed by atoms with Crippen molar-refractivity contribution in [2.24, 2.45) is 0 Å². The average molecular weight is 479 g/mol. The summed E-state index contributed by atoms with van der Waals surface area (Å²) in [6, 6.07) is 9.33. The zero-order valence-corrected chi connectivity index (χ0v) is 19.2. The maximum atomic E-state index is 12.6. The fraction of sp³-hybridized carbons (Fsp3) is 0.364. The van der Waals surface area contributed by atoms with Crippen molar-refractivity contribution in [3.8, 4) is 17.2 Å². The van der Waals surface area contributed by atoms with E-state index in [0.717, 1.165) is 5.56 Å². The maximum absolute atomic E-state index is 12.6. The fourth-order valence-electron chi connectivity index (χ4n) is 2.97. The molecule has 0 radical (unpaired) electrons. The van der Waals surface area contributed by atoms with Crippen molar-refractivity contribution in [1.29, 1.82) is 0 Å². The molecule has 1 heterocycles. The van der Waals surface area contributed by atoms with E-state index in [2.05, 4.69) is 14.8 Å². The maximum Gasteiger partial charge on any atom is 0.343 e. The third-order valence-corrected chi connectivity index (χ3v) is 6.19. The molecule has 2 aromatic carbocycles. The van der Waals surface area contributed by atoms with E-state index in [0.29, 0.717) is 42.6 Å². The Labute approximate surface area is 192 Å². The zero-order chi connectivity index (χ0) is 23.8. The molecule has 0 atom stereocenters. The van der Waals surface area contributed by atoms with Crippen LogP contribution in [-0.2, 0) is 24.3 Å². The number of carbonyl (C=O) groups excluding carboxylic acids is 2. The molecule has 0 aliphatic carbocycles. The number of fused-ring (bicyclic) bond motifs is 1. The molecule has 0 bridgehead atoms. The highest BCUT2D eigenvalue weighted by Gasteiger charge is 2.19. The lowest BCUT2D eigenvalue weighted by molar-refractivity contribution is -0.142. The number of rotatable bonds is 9. The molecule has 0 spiro atoms. The van der Waals surface area contributed by atoms with Crippen molar-refractivity contribution >= 4 is 27.6 Å². The number of sulfonamides is 1. The summed E-state index contributed by atoms with van der Waals surface area (Å²) in [5.41, 5.74) is 1.27. The van der Waals surface area contributed by atoms with Gasteiger partial charge in [-0.25, -0.2) is 17.9 Å². The molecule has 1 aliphatic heterocycles. The van der Waals surface area contributed by atoms with E-state index < -0.39 is 16.0 Å². The van der Waals surface area contributed by atoms with Crippen LogP contribution < -0.4 is 24.2 Å². The molecule has 0 unspecified atom stereocenters. The van der Waals surface area contributed by atoms with E-state index in [-0.39, 0.29) is 30.4 Å². The summed E-state index contributed by atoms with van der Waals surface area (Å²) >= 11 is 0. The van der Waals surface area contributed by atoms with Crippen LogP contribution in [0, 0.1) is 6.92 Å². The van der Waals surface area contributed by atoms with Gasteiger partial charge in [-0.1, -0.05) is 0 Å². The Morgan fingerprint density at radius 3 is 2.55 bits per heavy atom. The van der Waals surface area contributed by atoms with Gasteiger partial charge < -0.3 is 24.3 Å². The number of nitrogens with one attached hydrogen (secondary N) is 2. The summed E-state index contributed by atoms with van der Waals surface area (Å²) in [4.78, 5) is 23.5. The normalized spacial score (nSPS) is 13.0. The Balaban J connectivity index is 1.52. The summed E-state index contributed by atoms with van der Waals surface area (Å²) in [5.74, 6) is 0.478. The van der Waals surface area contributed by atoms with Gasteiger partial charge in [0.2, 0.25) is 15.9 Å². The molecular formula is C22H26N2O8S. The standard InChI is InChI=1S/C22H26N2O8S/c1-15-12-16(32-14-22(26)29-2)4-6-18(15)24-21(25)8-9-23-33(27,28)17-5-7-19-20(13-17)31-11-3-10-30-19/h4-7,12-13,23H,3,8-11,14H2,1-2H3,(H,24,25). The van der Waals surface area contributed by atoms with Crippen LogP contribution in [0.1, 0.15) is 18.4 Å². The van der Waals surface area contributed by atoms with Gasteiger partial charge in [-0.05, 0) is 42.8 Å². The highest BCUT2D eigenvalue weighted by atomic mass is 32.2. The van der Waals surface area contributed by atoms with Gasteiger partial charge in [0.15, 0.2) is 18.1 Å². The molecule has 1 amide bonds. The second kappa shape index (κ2) is 11.0. The van der Waals surface area contributed by atoms with E-state index in [1.807, 2.05) is 0 Å². The van der Waals surface area contributed by atoms with Gasteiger partial charge in [0.1, 0.15) is 5.75 Å². The Morgan fingerprint density at radius 2 is 1.82 bits per heavy atom. The molecule has 3 rings (SSSR count). The van der Waals surface area contributed by atoms with Crippen LogP contribution >= 0.6 is 0 Å². The van der Waals surface area contributed by atoms with Gasteiger partial charge in [0.05, 0.1) is 25.2 Å². The Kier molecular flexibility index (Phi) is 8.12. The lowest BCUT2D eigenvalue weighted by Gasteiger charge is -2.12. The second-order valence-corrected chi connectivity index (χ2v) is 8.96. The smallest absolute Gasteiger partial charge is 0.343 e. The predicted molar refractivity (Wildman–Crippen MR) is 119 cm³/mol. The number of anilines is 1. The van der Waals surface area contributed by atoms with E-state index in [9.17, 15) is 18.0 Å². The number of benzene rings is 2. The Bertz CT molecular complexity index is 1120. The summed E-state index contributed by atoms with van der Waals surface area (Å²) in [5, 5.41) is 2.73.